The highest BCUT2D eigenvalue weighted by Gasteiger charge is 2.35. The van der Waals surface area contributed by atoms with Crippen molar-refractivity contribution in [3.05, 3.63) is 51.2 Å². The van der Waals surface area contributed by atoms with Crippen molar-refractivity contribution in [2.24, 2.45) is 5.92 Å². The normalized spacial score (nSPS) is 20.6. The largest absolute Gasteiger partial charge is 0.338 e. The van der Waals surface area contributed by atoms with Gasteiger partial charge in [-0.1, -0.05) is 6.07 Å². The quantitative estimate of drug-likeness (QED) is 0.727. The smallest absolute Gasteiger partial charge is 0.243 e. The van der Waals surface area contributed by atoms with Crippen molar-refractivity contribution >= 4 is 27.3 Å². The lowest BCUT2D eigenvalue weighted by Crippen LogP contribution is -2.45. The predicted octanol–water partition coefficient (Wildman–Crippen LogP) is 3.61. The average molecular weight is 445 g/mol. The lowest BCUT2D eigenvalue weighted by molar-refractivity contribution is -0.137. The van der Waals surface area contributed by atoms with Crippen molar-refractivity contribution in [1.82, 2.24) is 9.21 Å². The van der Waals surface area contributed by atoms with Crippen LogP contribution in [0, 0.1) is 5.92 Å². The number of sulfonamides is 1. The summed E-state index contributed by atoms with van der Waals surface area (Å²) >= 11 is 1.77. The summed E-state index contributed by atoms with van der Waals surface area (Å²) in [5.74, 6) is 0.123. The molecule has 1 aromatic heterocycles. The van der Waals surface area contributed by atoms with E-state index < -0.39 is 10.0 Å². The summed E-state index contributed by atoms with van der Waals surface area (Å²) in [5, 5.41) is 2.10. The summed E-state index contributed by atoms with van der Waals surface area (Å²) in [4.78, 5) is 16.8. The number of piperidine rings is 1. The maximum atomic E-state index is 13.2. The van der Waals surface area contributed by atoms with Gasteiger partial charge in [-0.15, -0.1) is 11.3 Å². The van der Waals surface area contributed by atoms with Crippen LogP contribution in [0.15, 0.2) is 34.5 Å². The second-order valence-electron chi connectivity index (χ2n) is 8.69. The second kappa shape index (κ2) is 8.09. The fourth-order valence-corrected chi connectivity index (χ4v) is 7.47. The first kappa shape index (κ1) is 20.2. The molecule has 30 heavy (non-hydrogen) atoms. The van der Waals surface area contributed by atoms with E-state index in [1.165, 1.54) is 28.0 Å². The van der Waals surface area contributed by atoms with Gasteiger partial charge in [0, 0.05) is 37.0 Å². The molecule has 1 amide bonds. The van der Waals surface area contributed by atoms with Crippen LogP contribution in [0.5, 0.6) is 0 Å². The van der Waals surface area contributed by atoms with Crippen molar-refractivity contribution in [3.8, 4) is 0 Å². The minimum Gasteiger partial charge on any atom is -0.338 e. The monoisotopic (exact) mass is 444 g/mol. The SMILES string of the molecule is O=C(C1CCN(S(=O)(=O)c2ccc3c(c2)CCCC3)CC1)N1CCc2sccc2C1. The third-order valence-corrected chi connectivity index (χ3v) is 9.80. The molecule has 0 saturated carbocycles. The number of amides is 1. The highest BCUT2D eigenvalue weighted by atomic mass is 32.2. The van der Waals surface area contributed by atoms with Crippen LogP contribution in [-0.2, 0) is 40.6 Å². The van der Waals surface area contributed by atoms with Gasteiger partial charge in [0.15, 0.2) is 0 Å². The molecule has 0 spiro atoms. The van der Waals surface area contributed by atoms with E-state index in [0.717, 1.165) is 32.2 Å². The molecule has 2 aromatic rings. The molecule has 7 heteroatoms. The van der Waals surface area contributed by atoms with Crippen molar-refractivity contribution in [3.63, 3.8) is 0 Å². The van der Waals surface area contributed by atoms with Crippen molar-refractivity contribution in [2.75, 3.05) is 19.6 Å². The van der Waals surface area contributed by atoms with Crippen LogP contribution in [-0.4, -0.2) is 43.2 Å². The molecule has 5 rings (SSSR count). The van der Waals surface area contributed by atoms with E-state index in [4.69, 9.17) is 0 Å². The number of aryl methyl sites for hydroxylation is 2. The molecule has 3 aliphatic rings. The Morgan fingerprint density at radius 2 is 1.70 bits per heavy atom. The Hall–Kier alpha value is -1.70. The number of carbonyl (C=O) groups is 1. The standard InChI is InChI=1S/C23H28N2O3S2/c26-23(24-11-9-22-20(16-24)10-14-29-22)18-7-12-25(13-8-18)30(27,28)21-6-5-17-3-1-2-4-19(17)15-21/h5-6,10,14-15,18H,1-4,7-9,11-13,16H2. The summed E-state index contributed by atoms with van der Waals surface area (Å²) in [6, 6.07) is 7.76. The van der Waals surface area contributed by atoms with Gasteiger partial charge in [-0.25, -0.2) is 8.42 Å². The Balaban J connectivity index is 1.24. The van der Waals surface area contributed by atoms with Gasteiger partial charge >= 0.3 is 0 Å². The van der Waals surface area contributed by atoms with Crippen molar-refractivity contribution in [2.45, 2.75) is 56.4 Å². The highest BCUT2D eigenvalue weighted by molar-refractivity contribution is 7.89. The molecule has 0 radical (unpaired) electrons. The Morgan fingerprint density at radius 1 is 0.933 bits per heavy atom. The summed E-state index contributed by atoms with van der Waals surface area (Å²) in [5.41, 5.74) is 3.75. The summed E-state index contributed by atoms with van der Waals surface area (Å²) in [6.07, 6.45) is 6.48. The van der Waals surface area contributed by atoms with Gasteiger partial charge in [0.25, 0.3) is 0 Å². The van der Waals surface area contributed by atoms with Crippen LogP contribution in [0.3, 0.4) is 0 Å². The molecule has 1 fully saturated rings. The van der Waals surface area contributed by atoms with E-state index >= 15 is 0 Å². The Morgan fingerprint density at radius 3 is 2.50 bits per heavy atom. The van der Waals surface area contributed by atoms with Gasteiger partial charge in [0.05, 0.1) is 4.90 Å². The fourth-order valence-electron chi connectivity index (χ4n) is 5.06. The first-order valence-electron chi connectivity index (χ1n) is 11.0. The highest BCUT2D eigenvalue weighted by Crippen LogP contribution is 2.30. The molecule has 5 nitrogen and oxygen atoms in total. The first-order chi connectivity index (χ1) is 14.5. The van der Waals surface area contributed by atoms with Crippen molar-refractivity contribution < 1.29 is 13.2 Å². The zero-order valence-electron chi connectivity index (χ0n) is 17.2. The molecular weight excluding hydrogens is 416 g/mol. The number of hydrogen-bond acceptors (Lipinski definition) is 4. The lowest BCUT2D eigenvalue weighted by atomic mass is 9.92. The lowest BCUT2D eigenvalue weighted by Gasteiger charge is -2.35. The number of thiophene rings is 1. The number of fused-ring (bicyclic) bond motifs is 2. The van der Waals surface area contributed by atoms with Gasteiger partial charge in [-0.3, -0.25) is 4.79 Å². The number of hydrogen-bond donors (Lipinski definition) is 0. The third kappa shape index (κ3) is 3.72. The molecule has 0 N–H and O–H groups in total. The molecule has 1 aromatic carbocycles. The Bertz CT molecular complexity index is 1050. The number of rotatable bonds is 3. The molecule has 1 aliphatic carbocycles. The minimum absolute atomic E-state index is 0.0693. The molecule has 0 unspecified atom stereocenters. The number of nitrogens with zero attached hydrogens (tertiary/aromatic N) is 2. The molecule has 0 bridgehead atoms. The average Bonchev–Trinajstić information content (AvgIpc) is 3.26. The molecular formula is C23H28N2O3S2. The van der Waals surface area contributed by atoms with E-state index in [1.54, 1.807) is 21.7 Å². The second-order valence-corrected chi connectivity index (χ2v) is 11.6. The van der Waals surface area contributed by atoms with Gasteiger partial charge in [0.2, 0.25) is 15.9 Å². The maximum Gasteiger partial charge on any atom is 0.243 e. The van der Waals surface area contributed by atoms with Crippen LogP contribution in [0.4, 0.5) is 0 Å². The summed E-state index contributed by atoms with van der Waals surface area (Å²) in [7, 11) is -3.49. The minimum atomic E-state index is -3.49. The molecule has 3 heterocycles. The number of carbonyl (C=O) groups excluding carboxylic acids is 1. The van der Waals surface area contributed by atoms with E-state index in [1.807, 2.05) is 17.0 Å². The molecule has 2 aliphatic heterocycles. The van der Waals surface area contributed by atoms with Crippen LogP contribution < -0.4 is 0 Å². The molecule has 160 valence electrons. The zero-order valence-corrected chi connectivity index (χ0v) is 18.8. The van der Waals surface area contributed by atoms with E-state index in [-0.39, 0.29) is 11.8 Å². The predicted molar refractivity (Wildman–Crippen MR) is 118 cm³/mol. The summed E-state index contributed by atoms with van der Waals surface area (Å²) < 4.78 is 28.0. The third-order valence-electron chi connectivity index (χ3n) is 6.88. The van der Waals surface area contributed by atoms with Crippen LogP contribution in [0.25, 0.3) is 0 Å². The Labute approximate surface area is 182 Å². The van der Waals surface area contributed by atoms with Gasteiger partial charge < -0.3 is 4.90 Å². The van der Waals surface area contributed by atoms with Crippen LogP contribution >= 0.6 is 11.3 Å². The van der Waals surface area contributed by atoms with E-state index in [9.17, 15) is 13.2 Å². The van der Waals surface area contributed by atoms with E-state index in [0.29, 0.717) is 37.4 Å². The Kier molecular flexibility index (Phi) is 5.45. The topological polar surface area (TPSA) is 57.7 Å². The first-order valence-corrected chi connectivity index (χ1v) is 13.3. The van der Waals surface area contributed by atoms with Crippen LogP contribution in [0.1, 0.15) is 47.3 Å². The number of benzene rings is 1. The zero-order chi connectivity index (χ0) is 20.7. The molecule has 1 saturated heterocycles. The van der Waals surface area contributed by atoms with E-state index in [2.05, 4.69) is 11.4 Å². The van der Waals surface area contributed by atoms with Gasteiger partial charge in [-0.2, -0.15) is 4.31 Å². The van der Waals surface area contributed by atoms with Gasteiger partial charge in [-0.05, 0) is 85.2 Å². The molecule has 0 atom stereocenters. The van der Waals surface area contributed by atoms with Crippen LogP contribution in [0.2, 0.25) is 0 Å². The maximum absolute atomic E-state index is 13.2. The van der Waals surface area contributed by atoms with Gasteiger partial charge in [0.1, 0.15) is 0 Å². The fraction of sp³-hybridized carbons (Fsp3) is 0.522. The summed E-state index contributed by atoms with van der Waals surface area (Å²) in [6.45, 7) is 2.33. The van der Waals surface area contributed by atoms with Crippen molar-refractivity contribution in [1.29, 1.82) is 0 Å².